The van der Waals surface area contributed by atoms with Crippen LogP contribution in [0.2, 0.25) is 0 Å². The Morgan fingerprint density at radius 3 is 3.00 bits per heavy atom. The molecule has 0 radical (unpaired) electrons. The van der Waals surface area contributed by atoms with Crippen molar-refractivity contribution in [2.45, 2.75) is 25.9 Å². The lowest BCUT2D eigenvalue weighted by atomic mass is 10.2. The zero-order valence-electron chi connectivity index (χ0n) is 9.62. The zero-order valence-corrected chi connectivity index (χ0v) is 9.62. The van der Waals surface area contributed by atoms with E-state index in [0.717, 1.165) is 37.4 Å². The van der Waals surface area contributed by atoms with E-state index >= 15 is 0 Å². The van der Waals surface area contributed by atoms with E-state index in [1.165, 1.54) is 11.3 Å². The van der Waals surface area contributed by atoms with Crippen LogP contribution in [0.1, 0.15) is 23.5 Å². The molecule has 5 heteroatoms. The van der Waals surface area contributed by atoms with Crippen LogP contribution in [-0.2, 0) is 24.2 Å². The van der Waals surface area contributed by atoms with Gasteiger partial charge in [0.25, 0.3) is 0 Å². The Balaban J connectivity index is 2.25. The summed E-state index contributed by atoms with van der Waals surface area (Å²) in [5, 5.41) is 3.26. The molecule has 0 atom stereocenters. The van der Waals surface area contributed by atoms with Crippen molar-refractivity contribution in [2.75, 3.05) is 25.5 Å². The number of ether oxygens (including phenoxy) is 1. The quantitative estimate of drug-likeness (QED) is 0.758. The molecule has 0 aromatic carbocycles. The molecule has 0 amide bonds. The topological polar surface area (TPSA) is 73.1 Å². The van der Waals surface area contributed by atoms with Gasteiger partial charge < -0.3 is 15.8 Å². The van der Waals surface area contributed by atoms with Gasteiger partial charge in [-0.3, -0.25) is 0 Å². The highest BCUT2D eigenvalue weighted by Gasteiger charge is 2.18. The number of aromatic nitrogens is 2. The van der Waals surface area contributed by atoms with Crippen LogP contribution in [0.15, 0.2) is 0 Å². The molecule has 88 valence electrons. The molecule has 0 unspecified atom stereocenters. The molecule has 0 bridgehead atoms. The number of anilines is 1. The Labute approximate surface area is 95.4 Å². The molecule has 1 heterocycles. The number of nitrogens with one attached hydrogen (secondary N) is 1. The summed E-state index contributed by atoms with van der Waals surface area (Å²) in [6.07, 6.45) is 3.28. The standard InChI is InChI=1S/C11H18N4O/c1-16-7-10-14-9-4-2-3-8(9)11(15-10)13-6-5-12/h2-7,12H2,1H3,(H,13,14,15). The Hall–Kier alpha value is -1.20. The molecule has 0 saturated heterocycles. The van der Waals surface area contributed by atoms with Crippen molar-refractivity contribution in [3.05, 3.63) is 17.1 Å². The number of methoxy groups -OCH3 is 1. The van der Waals surface area contributed by atoms with Gasteiger partial charge in [0.15, 0.2) is 5.82 Å². The maximum Gasteiger partial charge on any atom is 0.156 e. The first kappa shape index (κ1) is 11.3. The highest BCUT2D eigenvalue weighted by molar-refractivity contribution is 5.48. The van der Waals surface area contributed by atoms with E-state index in [2.05, 4.69) is 15.3 Å². The van der Waals surface area contributed by atoms with Crippen LogP contribution in [0.4, 0.5) is 5.82 Å². The lowest BCUT2D eigenvalue weighted by Gasteiger charge is -2.11. The van der Waals surface area contributed by atoms with E-state index in [1.54, 1.807) is 7.11 Å². The fraction of sp³-hybridized carbons (Fsp3) is 0.636. The molecule has 16 heavy (non-hydrogen) atoms. The second-order valence-electron chi connectivity index (χ2n) is 3.92. The summed E-state index contributed by atoms with van der Waals surface area (Å²) in [5.74, 6) is 1.70. The summed E-state index contributed by atoms with van der Waals surface area (Å²) in [5.41, 5.74) is 7.91. The summed E-state index contributed by atoms with van der Waals surface area (Å²) in [6, 6.07) is 0. The molecule has 1 aromatic rings. The molecule has 0 saturated carbocycles. The smallest absolute Gasteiger partial charge is 0.156 e. The molecular weight excluding hydrogens is 204 g/mol. The first-order valence-corrected chi connectivity index (χ1v) is 5.66. The van der Waals surface area contributed by atoms with Gasteiger partial charge in [0.2, 0.25) is 0 Å². The summed E-state index contributed by atoms with van der Waals surface area (Å²) in [6.45, 7) is 1.82. The van der Waals surface area contributed by atoms with E-state index in [9.17, 15) is 0 Å². The van der Waals surface area contributed by atoms with Crippen molar-refractivity contribution in [3.63, 3.8) is 0 Å². The van der Waals surface area contributed by atoms with Gasteiger partial charge in [0.05, 0.1) is 0 Å². The van der Waals surface area contributed by atoms with Crippen molar-refractivity contribution in [3.8, 4) is 0 Å². The van der Waals surface area contributed by atoms with Crippen LogP contribution in [0.5, 0.6) is 0 Å². The minimum Gasteiger partial charge on any atom is -0.377 e. The van der Waals surface area contributed by atoms with Crippen LogP contribution in [-0.4, -0.2) is 30.2 Å². The van der Waals surface area contributed by atoms with E-state index < -0.39 is 0 Å². The summed E-state index contributed by atoms with van der Waals surface area (Å²) < 4.78 is 5.07. The van der Waals surface area contributed by atoms with Crippen molar-refractivity contribution >= 4 is 5.82 Å². The number of hydrogen-bond donors (Lipinski definition) is 2. The molecule has 5 nitrogen and oxygen atoms in total. The second-order valence-corrected chi connectivity index (χ2v) is 3.92. The molecular formula is C11H18N4O. The first-order chi connectivity index (χ1) is 7.85. The third-order valence-corrected chi connectivity index (χ3v) is 2.69. The van der Waals surface area contributed by atoms with Gasteiger partial charge in [-0.15, -0.1) is 0 Å². The number of rotatable bonds is 5. The molecule has 1 aliphatic rings. The average molecular weight is 222 g/mol. The van der Waals surface area contributed by atoms with Crippen molar-refractivity contribution in [1.29, 1.82) is 0 Å². The van der Waals surface area contributed by atoms with Crippen LogP contribution >= 0.6 is 0 Å². The third kappa shape index (κ3) is 2.31. The third-order valence-electron chi connectivity index (χ3n) is 2.69. The Morgan fingerprint density at radius 2 is 2.25 bits per heavy atom. The summed E-state index contributed by atoms with van der Waals surface area (Å²) in [4.78, 5) is 8.97. The number of nitrogens with zero attached hydrogens (tertiary/aromatic N) is 2. The SMILES string of the molecule is COCc1nc2c(c(NCCN)n1)CCC2. The average Bonchev–Trinajstić information content (AvgIpc) is 2.74. The molecule has 0 aliphatic heterocycles. The number of hydrogen-bond acceptors (Lipinski definition) is 5. The fourth-order valence-corrected chi connectivity index (χ4v) is 2.01. The summed E-state index contributed by atoms with van der Waals surface area (Å²) in [7, 11) is 1.66. The molecule has 0 spiro atoms. The van der Waals surface area contributed by atoms with Crippen molar-refractivity contribution < 1.29 is 4.74 Å². The Morgan fingerprint density at radius 1 is 1.38 bits per heavy atom. The zero-order chi connectivity index (χ0) is 11.4. The predicted molar refractivity (Wildman–Crippen MR) is 62.3 cm³/mol. The van der Waals surface area contributed by atoms with E-state index in [0.29, 0.717) is 13.2 Å². The fourth-order valence-electron chi connectivity index (χ4n) is 2.01. The lowest BCUT2D eigenvalue weighted by molar-refractivity contribution is 0.177. The minimum absolute atomic E-state index is 0.463. The van der Waals surface area contributed by atoms with Gasteiger partial charge in [-0.05, 0) is 19.3 Å². The van der Waals surface area contributed by atoms with Gasteiger partial charge >= 0.3 is 0 Å². The lowest BCUT2D eigenvalue weighted by Crippen LogP contribution is -2.16. The van der Waals surface area contributed by atoms with E-state index in [-0.39, 0.29) is 0 Å². The molecule has 1 aliphatic carbocycles. The van der Waals surface area contributed by atoms with Crippen molar-refractivity contribution in [1.82, 2.24) is 9.97 Å². The Kier molecular flexibility index (Phi) is 3.69. The largest absolute Gasteiger partial charge is 0.377 e. The molecule has 0 fully saturated rings. The number of fused-ring (bicyclic) bond motifs is 1. The van der Waals surface area contributed by atoms with Gasteiger partial charge in [-0.1, -0.05) is 0 Å². The minimum atomic E-state index is 0.463. The van der Waals surface area contributed by atoms with Crippen LogP contribution in [0, 0.1) is 0 Å². The molecule has 3 N–H and O–H groups in total. The second kappa shape index (κ2) is 5.23. The van der Waals surface area contributed by atoms with Crippen molar-refractivity contribution in [2.24, 2.45) is 5.73 Å². The number of aryl methyl sites for hydroxylation is 1. The van der Waals surface area contributed by atoms with Gasteiger partial charge in [0, 0.05) is 31.5 Å². The Bertz CT molecular complexity index is 367. The monoisotopic (exact) mass is 222 g/mol. The van der Waals surface area contributed by atoms with E-state index in [1.807, 2.05) is 0 Å². The maximum absolute atomic E-state index is 5.49. The van der Waals surface area contributed by atoms with E-state index in [4.69, 9.17) is 10.5 Å². The van der Waals surface area contributed by atoms with Crippen LogP contribution in [0.25, 0.3) is 0 Å². The highest BCUT2D eigenvalue weighted by atomic mass is 16.5. The number of nitrogens with two attached hydrogens (primary N) is 1. The molecule has 1 aromatic heterocycles. The predicted octanol–water partition coefficient (Wildman–Crippen LogP) is 0.482. The van der Waals surface area contributed by atoms with Crippen LogP contribution in [0.3, 0.4) is 0 Å². The first-order valence-electron chi connectivity index (χ1n) is 5.66. The summed E-state index contributed by atoms with van der Waals surface area (Å²) >= 11 is 0. The molecule has 2 rings (SSSR count). The van der Waals surface area contributed by atoms with Crippen LogP contribution < -0.4 is 11.1 Å². The van der Waals surface area contributed by atoms with Gasteiger partial charge in [-0.25, -0.2) is 9.97 Å². The highest BCUT2D eigenvalue weighted by Crippen LogP contribution is 2.26. The maximum atomic E-state index is 5.49. The van der Waals surface area contributed by atoms with Gasteiger partial charge in [0.1, 0.15) is 12.4 Å². The normalized spacial score (nSPS) is 13.9. The van der Waals surface area contributed by atoms with Gasteiger partial charge in [-0.2, -0.15) is 0 Å².